The van der Waals surface area contributed by atoms with Crippen molar-refractivity contribution in [2.24, 2.45) is 17.8 Å². The van der Waals surface area contributed by atoms with Crippen LogP contribution in [-0.4, -0.2) is 85.1 Å². The summed E-state index contributed by atoms with van der Waals surface area (Å²) in [6, 6.07) is 0.829. The summed E-state index contributed by atoms with van der Waals surface area (Å²) < 4.78 is 77.9. The highest BCUT2D eigenvalue weighted by Crippen LogP contribution is 2.42. The third kappa shape index (κ3) is 6.37. The molecule has 8 rings (SSSR count). The van der Waals surface area contributed by atoms with Gasteiger partial charge in [-0.1, -0.05) is 0 Å². The number of halogens is 5. The van der Waals surface area contributed by atoms with Crippen LogP contribution >= 0.6 is 0 Å². The van der Waals surface area contributed by atoms with E-state index in [1.54, 1.807) is 12.3 Å². The number of hydrogen-bond donors (Lipinski definition) is 2. The summed E-state index contributed by atoms with van der Waals surface area (Å²) in [7, 11) is 0. The predicted molar refractivity (Wildman–Crippen MR) is 156 cm³/mol. The summed E-state index contributed by atoms with van der Waals surface area (Å²) in [5.74, 6) is -6.09. The second-order valence-corrected chi connectivity index (χ2v) is 13.1. The Bertz CT molecular complexity index is 1630. The highest BCUT2D eigenvalue weighted by molar-refractivity contribution is 5.92. The van der Waals surface area contributed by atoms with Gasteiger partial charge >= 0.3 is 6.18 Å². The Labute approximate surface area is 266 Å². The molecule has 2 N–H and O–H groups in total. The lowest BCUT2D eigenvalue weighted by molar-refractivity contribution is -0.183. The number of nitrogens with one attached hydrogen (secondary N) is 2. The van der Waals surface area contributed by atoms with E-state index in [1.807, 2.05) is 11.8 Å². The summed E-state index contributed by atoms with van der Waals surface area (Å²) in [6.07, 6.45) is -1.27. The fraction of sp³-hybridized carbons (Fsp3) is 0.667. The molecule has 3 aromatic heterocycles. The molecule has 5 atom stereocenters. The average molecular weight is 666 g/mol. The van der Waals surface area contributed by atoms with Crippen LogP contribution in [0.2, 0.25) is 0 Å². The van der Waals surface area contributed by atoms with Gasteiger partial charge in [0.2, 0.25) is 11.8 Å². The van der Waals surface area contributed by atoms with Crippen LogP contribution in [0.3, 0.4) is 0 Å². The van der Waals surface area contributed by atoms with E-state index in [2.05, 4.69) is 15.7 Å². The number of imidazole rings is 1. The largest absolute Gasteiger partial charge is 0.393 e. The van der Waals surface area contributed by atoms with Crippen LogP contribution in [0.1, 0.15) is 73.4 Å². The zero-order valence-corrected chi connectivity index (χ0v) is 25.7. The maximum Gasteiger partial charge on any atom is 0.393 e. The topological polar surface area (TPSA) is 132 Å². The summed E-state index contributed by atoms with van der Waals surface area (Å²) >= 11 is 0. The number of aryl methyl sites for hydroxylation is 1. The third-order valence-electron chi connectivity index (χ3n) is 9.89. The quantitative estimate of drug-likeness (QED) is 0.350. The normalized spacial score (nSPS) is 26.9. The fourth-order valence-corrected chi connectivity index (χ4v) is 7.31. The molecule has 254 valence electrons. The molecule has 4 saturated heterocycles. The molecule has 2 amide bonds. The van der Waals surface area contributed by atoms with Crippen molar-refractivity contribution in [1.82, 2.24) is 40.0 Å². The number of piperidine rings is 2. The van der Waals surface area contributed by atoms with E-state index in [4.69, 9.17) is 19.8 Å². The van der Waals surface area contributed by atoms with Gasteiger partial charge in [0.15, 0.2) is 5.82 Å². The van der Waals surface area contributed by atoms with Crippen LogP contribution in [0.4, 0.5) is 27.8 Å². The summed E-state index contributed by atoms with van der Waals surface area (Å²) in [6.45, 7) is 2.84. The van der Waals surface area contributed by atoms with Crippen molar-refractivity contribution in [3.8, 4) is 0 Å². The fourth-order valence-electron chi connectivity index (χ4n) is 7.31. The molecule has 17 heteroatoms. The van der Waals surface area contributed by atoms with Gasteiger partial charge in [-0.05, 0) is 38.2 Å². The highest BCUT2D eigenvalue weighted by Gasteiger charge is 2.46. The van der Waals surface area contributed by atoms with E-state index in [0.29, 0.717) is 42.5 Å². The number of anilines is 1. The number of morpholine rings is 1. The lowest BCUT2D eigenvalue weighted by Crippen LogP contribution is -2.57. The molecule has 4 aliphatic heterocycles. The minimum atomic E-state index is -4.45. The second-order valence-electron chi connectivity index (χ2n) is 13.1. The summed E-state index contributed by atoms with van der Waals surface area (Å²) in [5.41, 5.74) is 1.03. The molecule has 3 aromatic rings. The number of hydrogen-bond acceptors (Lipinski definition) is 8. The number of ether oxygens (including phenoxy) is 1. The zero-order valence-electron chi connectivity index (χ0n) is 25.7. The summed E-state index contributed by atoms with van der Waals surface area (Å²) in [5, 5.41) is 14.3. The van der Waals surface area contributed by atoms with Gasteiger partial charge in [-0.25, -0.2) is 18.3 Å². The Morgan fingerprint density at radius 1 is 1.17 bits per heavy atom. The molecule has 5 unspecified atom stereocenters. The van der Waals surface area contributed by atoms with Crippen molar-refractivity contribution in [3.05, 3.63) is 35.5 Å². The Balaban J connectivity index is 1.24. The van der Waals surface area contributed by atoms with Gasteiger partial charge in [0.05, 0.1) is 36.1 Å². The molecule has 0 aromatic carbocycles. The van der Waals surface area contributed by atoms with Crippen molar-refractivity contribution >= 4 is 23.4 Å². The smallest absolute Gasteiger partial charge is 0.371 e. The van der Waals surface area contributed by atoms with Crippen molar-refractivity contribution in [1.29, 1.82) is 0 Å². The lowest BCUT2D eigenvalue weighted by atomic mass is 9.81. The molecule has 7 heterocycles. The number of rotatable bonds is 8. The maximum absolute atomic E-state index is 14.2. The van der Waals surface area contributed by atoms with Gasteiger partial charge in [-0.3, -0.25) is 14.3 Å². The Morgan fingerprint density at radius 2 is 1.89 bits per heavy atom. The van der Waals surface area contributed by atoms with Crippen molar-refractivity contribution in [3.63, 3.8) is 0 Å². The molecule has 5 aliphatic rings. The molecule has 0 spiro atoms. The van der Waals surface area contributed by atoms with Crippen LogP contribution in [0, 0.1) is 17.8 Å². The average Bonchev–Trinajstić information content (AvgIpc) is 3.67. The van der Waals surface area contributed by atoms with Gasteiger partial charge in [0.1, 0.15) is 11.4 Å². The highest BCUT2D eigenvalue weighted by atomic mass is 19.4. The molecular weight excluding hydrogens is 629 g/mol. The number of fused-ring (bicyclic) bond motifs is 3. The van der Waals surface area contributed by atoms with Crippen LogP contribution in [0.15, 0.2) is 18.5 Å². The van der Waals surface area contributed by atoms with Crippen LogP contribution < -0.4 is 15.5 Å². The predicted octanol–water partition coefficient (Wildman–Crippen LogP) is 3.47. The molecule has 1 aliphatic carbocycles. The first kappa shape index (κ1) is 31.7. The standard InChI is InChI=1S/C30H36F5N9O3/c1-2-43-23(5-8-37-43)27(46)39-24(16-3-6-29(31,32)7-4-16)22-15-44-28(38-22)40-25(42-13-19-11-20(14-42)47-19)21(41-44)10-17-9-18(30(33,34)35)12-36-26(17)45/h5,8,15-20,24H,2-4,6-7,9-14H2,1H3,(H,36,45)(H,39,46). The van der Waals surface area contributed by atoms with Crippen molar-refractivity contribution in [2.45, 2.75) is 88.8 Å². The molecule has 5 fully saturated rings. The first-order valence-corrected chi connectivity index (χ1v) is 16.1. The van der Waals surface area contributed by atoms with E-state index in [9.17, 15) is 31.5 Å². The number of carbonyl (C=O) groups excluding carboxylic acids is 2. The van der Waals surface area contributed by atoms with E-state index in [1.165, 1.54) is 15.4 Å². The molecule has 1 saturated carbocycles. The summed E-state index contributed by atoms with van der Waals surface area (Å²) in [4.78, 5) is 37.7. The number of amides is 2. The second kappa shape index (κ2) is 12.0. The van der Waals surface area contributed by atoms with Crippen LogP contribution in [0.25, 0.3) is 5.78 Å². The van der Waals surface area contributed by atoms with Gasteiger partial charge in [0.25, 0.3) is 11.7 Å². The maximum atomic E-state index is 14.2. The molecular formula is C30H36F5N9O3. The molecule has 0 radical (unpaired) electrons. The monoisotopic (exact) mass is 665 g/mol. The zero-order chi connectivity index (χ0) is 33.1. The Morgan fingerprint density at radius 3 is 2.57 bits per heavy atom. The Hall–Kier alpha value is -3.89. The van der Waals surface area contributed by atoms with Gasteiger partial charge < -0.3 is 20.3 Å². The number of alkyl halides is 5. The minimum Gasteiger partial charge on any atom is -0.371 e. The van der Waals surface area contributed by atoms with Gasteiger partial charge in [-0.15, -0.1) is 0 Å². The van der Waals surface area contributed by atoms with Crippen LogP contribution in [-0.2, 0) is 22.5 Å². The number of carbonyl (C=O) groups is 2. The van der Waals surface area contributed by atoms with Crippen LogP contribution in [0.5, 0.6) is 0 Å². The molecule has 47 heavy (non-hydrogen) atoms. The Kier molecular flexibility index (Phi) is 8.07. The molecule has 2 bridgehead atoms. The first-order chi connectivity index (χ1) is 22.4. The van der Waals surface area contributed by atoms with Crippen molar-refractivity contribution in [2.75, 3.05) is 24.5 Å². The third-order valence-corrected chi connectivity index (χ3v) is 9.89. The lowest BCUT2D eigenvalue weighted by Gasteiger charge is -2.47. The van der Waals surface area contributed by atoms with Crippen molar-refractivity contribution < 1.29 is 36.3 Å². The minimum absolute atomic E-state index is 0.0110. The van der Waals surface area contributed by atoms with Gasteiger partial charge in [-0.2, -0.15) is 28.4 Å². The molecule has 12 nitrogen and oxygen atoms in total. The van der Waals surface area contributed by atoms with E-state index < -0.39 is 48.3 Å². The van der Waals surface area contributed by atoms with Gasteiger partial charge in [0, 0.05) is 64.0 Å². The number of nitrogens with zero attached hydrogens (tertiary/aromatic N) is 7. The van der Waals surface area contributed by atoms with E-state index in [0.717, 1.165) is 6.42 Å². The van der Waals surface area contributed by atoms with E-state index >= 15 is 0 Å². The number of aromatic nitrogens is 6. The first-order valence-electron chi connectivity index (χ1n) is 16.1. The SMILES string of the molecule is CCn1nccc1C(=O)NC(c1cn2nc(CC3CC(C(F)(F)F)CNC3=O)c(N3CC4CC(C3)O4)nc2n1)C1CCC(F)(F)CC1. The van der Waals surface area contributed by atoms with E-state index in [-0.39, 0.29) is 62.4 Å².